The highest BCUT2D eigenvalue weighted by Gasteiger charge is 2.10. The Hall–Kier alpha value is -1.69. The number of thiazole rings is 1. The van der Waals surface area contributed by atoms with Crippen LogP contribution in [0, 0.1) is 6.92 Å². The minimum atomic E-state index is 0.266. The average Bonchev–Trinajstić information content (AvgIpc) is 2.87. The Bertz CT molecular complexity index is 536. The first kappa shape index (κ1) is 13.7. The number of hydrogen-bond donors (Lipinski definition) is 2. The maximum absolute atomic E-state index is 5.92. The fourth-order valence-electron chi connectivity index (χ4n) is 1.65. The molecule has 2 rings (SSSR count). The molecule has 0 atom stereocenters. The number of nitrogens with zero attached hydrogens (tertiary/aromatic N) is 3. The topological polar surface area (TPSA) is 76.7 Å². The van der Waals surface area contributed by atoms with E-state index < -0.39 is 0 Å². The summed E-state index contributed by atoms with van der Waals surface area (Å²) in [5.74, 6) is 2.42. The Morgan fingerprint density at radius 3 is 2.79 bits per heavy atom. The molecule has 0 saturated heterocycles. The van der Waals surface area contributed by atoms with Gasteiger partial charge in [-0.25, -0.2) is 15.0 Å². The summed E-state index contributed by atoms with van der Waals surface area (Å²) in [7, 11) is 0. The van der Waals surface area contributed by atoms with Crippen molar-refractivity contribution in [1.29, 1.82) is 0 Å². The van der Waals surface area contributed by atoms with Crippen LogP contribution in [0.15, 0.2) is 10.9 Å². The van der Waals surface area contributed by atoms with Gasteiger partial charge >= 0.3 is 0 Å². The molecule has 102 valence electrons. The number of rotatable bonds is 5. The number of hydrogen-bond acceptors (Lipinski definition) is 6. The molecule has 0 radical (unpaired) electrons. The Labute approximate surface area is 117 Å². The quantitative estimate of drug-likeness (QED) is 0.878. The maximum Gasteiger partial charge on any atom is 0.135 e. The summed E-state index contributed by atoms with van der Waals surface area (Å²) < 4.78 is 0. The van der Waals surface area contributed by atoms with Gasteiger partial charge in [-0.1, -0.05) is 13.8 Å². The lowest BCUT2D eigenvalue weighted by Gasteiger charge is -2.13. The maximum atomic E-state index is 5.92. The molecule has 3 N–H and O–H groups in total. The first-order valence-corrected chi connectivity index (χ1v) is 7.27. The zero-order valence-electron chi connectivity index (χ0n) is 11.5. The van der Waals surface area contributed by atoms with Gasteiger partial charge in [-0.05, 0) is 6.92 Å². The third-order valence-electron chi connectivity index (χ3n) is 2.87. The fourth-order valence-corrected chi connectivity index (χ4v) is 2.25. The van der Waals surface area contributed by atoms with Crippen LogP contribution in [0.4, 0.5) is 11.6 Å². The minimum absolute atomic E-state index is 0.266. The molecule has 6 heteroatoms. The summed E-state index contributed by atoms with van der Waals surface area (Å²) >= 11 is 1.61. The van der Waals surface area contributed by atoms with Crippen molar-refractivity contribution in [3.63, 3.8) is 0 Å². The zero-order valence-corrected chi connectivity index (χ0v) is 12.3. The van der Waals surface area contributed by atoms with Gasteiger partial charge in [-0.2, -0.15) is 0 Å². The molecule has 5 nitrogen and oxygen atoms in total. The second-order valence-corrected chi connectivity index (χ2v) is 5.47. The SMILES string of the molecule is Cc1c(N)nc(C(C)C)nc1NCCc1cscn1. The van der Waals surface area contributed by atoms with E-state index in [0.717, 1.165) is 35.9 Å². The first-order chi connectivity index (χ1) is 9.08. The van der Waals surface area contributed by atoms with Gasteiger partial charge in [0.15, 0.2) is 0 Å². The van der Waals surface area contributed by atoms with Gasteiger partial charge in [0.1, 0.15) is 17.5 Å². The Morgan fingerprint density at radius 1 is 1.37 bits per heavy atom. The number of nitrogen functional groups attached to an aromatic ring is 1. The predicted molar refractivity (Wildman–Crippen MR) is 79.6 cm³/mol. The van der Waals surface area contributed by atoms with Crippen molar-refractivity contribution in [2.24, 2.45) is 0 Å². The average molecular weight is 277 g/mol. The Morgan fingerprint density at radius 2 is 2.16 bits per heavy atom. The van der Waals surface area contributed by atoms with E-state index in [1.165, 1.54) is 0 Å². The van der Waals surface area contributed by atoms with E-state index in [0.29, 0.717) is 5.82 Å². The van der Waals surface area contributed by atoms with Crippen molar-refractivity contribution in [2.75, 3.05) is 17.6 Å². The van der Waals surface area contributed by atoms with E-state index in [9.17, 15) is 0 Å². The van der Waals surface area contributed by atoms with E-state index in [1.54, 1.807) is 11.3 Å². The number of aromatic nitrogens is 3. The van der Waals surface area contributed by atoms with E-state index >= 15 is 0 Å². The molecule has 2 heterocycles. The highest BCUT2D eigenvalue weighted by molar-refractivity contribution is 7.07. The number of nitrogens with two attached hydrogens (primary N) is 1. The Balaban J connectivity index is 2.06. The molecule has 0 aliphatic heterocycles. The van der Waals surface area contributed by atoms with Crippen LogP contribution >= 0.6 is 11.3 Å². The van der Waals surface area contributed by atoms with Gasteiger partial charge in [0, 0.05) is 29.8 Å². The lowest BCUT2D eigenvalue weighted by Crippen LogP contribution is -2.12. The van der Waals surface area contributed by atoms with Crippen molar-refractivity contribution < 1.29 is 0 Å². The van der Waals surface area contributed by atoms with Crippen molar-refractivity contribution in [3.05, 3.63) is 28.0 Å². The summed E-state index contributed by atoms with van der Waals surface area (Å²) in [6, 6.07) is 0. The van der Waals surface area contributed by atoms with Crippen LogP contribution in [0.5, 0.6) is 0 Å². The molecule has 0 bridgehead atoms. The molecule has 0 unspecified atom stereocenters. The van der Waals surface area contributed by atoms with Gasteiger partial charge in [0.2, 0.25) is 0 Å². The molecular weight excluding hydrogens is 258 g/mol. The molecule has 0 saturated carbocycles. The molecule has 0 fully saturated rings. The molecule has 0 aliphatic rings. The fraction of sp³-hybridized carbons (Fsp3) is 0.462. The lowest BCUT2D eigenvalue weighted by molar-refractivity contribution is 0.774. The molecule has 19 heavy (non-hydrogen) atoms. The molecule has 0 aliphatic carbocycles. The van der Waals surface area contributed by atoms with Crippen molar-refractivity contribution in [2.45, 2.75) is 33.1 Å². The van der Waals surface area contributed by atoms with Crippen LogP contribution in [0.25, 0.3) is 0 Å². The largest absolute Gasteiger partial charge is 0.383 e. The van der Waals surface area contributed by atoms with Gasteiger partial charge in [0.05, 0.1) is 11.2 Å². The highest BCUT2D eigenvalue weighted by atomic mass is 32.1. The predicted octanol–water partition coefficient (Wildman–Crippen LogP) is 2.60. The Kier molecular flexibility index (Phi) is 4.31. The van der Waals surface area contributed by atoms with Crippen molar-refractivity contribution >= 4 is 23.0 Å². The summed E-state index contributed by atoms with van der Waals surface area (Å²) in [5.41, 5.74) is 9.77. The summed E-state index contributed by atoms with van der Waals surface area (Å²) in [4.78, 5) is 13.1. The van der Waals surface area contributed by atoms with Crippen LogP contribution < -0.4 is 11.1 Å². The zero-order chi connectivity index (χ0) is 13.8. The highest BCUT2D eigenvalue weighted by Crippen LogP contribution is 2.20. The van der Waals surface area contributed by atoms with Crippen LogP contribution in [-0.2, 0) is 6.42 Å². The lowest BCUT2D eigenvalue weighted by atomic mass is 10.2. The van der Waals surface area contributed by atoms with Crippen LogP contribution in [-0.4, -0.2) is 21.5 Å². The van der Waals surface area contributed by atoms with Gasteiger partial charge < -0.3 is 11.1 Å². The minimum Gasteiger partial charge on any atom is -0.383 e. The van der Waals surface area contributed by atoms with E-state index in [-0.39, 0.29) is 5.92 Å². The van der Waals surface area contributed by atoms with Crippen molar-refractivity contribution in [3.8, 4) is 0 Å². The molecule has 0 aromatic carbocycles. The van der Waals surface area contributed by atoms with E-state index in [4.69, 9.17) is 5.73 Å². The second-order valence-electron chi connectivity index (χ2n) is 4.75. The smallest absolute Gasteiger partial charge is 0.135 e. The van der Waals surface area contributed by atoms with Gasteiger partial charge in [0.25, 0.3) is 0 Å². The standard InChI is InChI=1S/C13H19N5S/c1-8(2)12-17-11(14)9(3)13(18-12)15-5-4-10-6-19-7-16-10/h6-8H,4-5H2,1-3H3,(H3,14,15,17,18). The third kappa shape index (κ3) is 3.41. The van der Waals surface area contributed by atoms with E-state index in [1.807, 2.05) is 12.4 Å². The van der Waals surface area contributed by atoms with E-state index in [2.05, 4.69) is 39.5 Å². The summed E-state index contributed by atoms with van der Waals surface area (Å²) in [5, 5.41) is 5.38. The van der Waals surface area contributed by atoms with Gasteiger partial charge in [-0.3, -0.25) is 0 Å². The molecular formula is C13H19N5S. The molecule has 0 spiro atoms. The van der Waals surface area contributed by atoms with Crippen LogP contribution in [0.3, 0.4) is 0 Å². The number of anilines is 2. The summed E-state index contributed by atoms with van der Waals surface area (Å²) in [6.45, 7) is 6.84. The van der Waals surface area contributed by atoms with Crippen LogP contribution in [0.1, 0.15) is 36.8 Å². The second kappa shape index (κ2) is 5.97. The normalized spacial score (nSPS) is 10.9. The summed E-state index contributed by atoms with van der Waals surface area (Å²) in [6.07, 6.45) is 0.879. The molecule has 2 aromatic rings. The first-order valence-electron chi connectivity index (χ1n) is 6.33. The monoisotopic (exact) mass is 277 g/mol. The molecule has 0 amide bonds. The van der Waals surface area contributed by atoms with Crippen LogP contribution in [0.2, 0.25) is 0 Å². The van der Waals surface area contributed by atoms with Gasteiger partial charge in [-0.15, -0.1) is 11.3 Å². The van der Waals surface area contributed by atoms with Crippen molar-refractivity contribution in [1.82, 2.24) is 15.0 Å². The third-order valence-corrected chi connectivity index (χ3v) is 3.51. The number of nitrogens with one attached hydrogen (secondary N) is 1. The molecule has 2 aromatic heterocycles.